The van der Waals surface area contributed by atoms with E-state index in [-0.39, 0.29) is 35.6 Å². The number of hydrogen-bond donors (Lipinski definition) is 1. The van der Waals surface area contributed by atoms with E-state index in [2.05, 4.69) is 10.3 Å². The van der Waals surface area contributed by atoms with Gasteiger partial charge < -0.3 is 15.0 Å². The Kier molecular flexibility index (Phi) is 5.41. The second-order valence-corrected chi connectivity index (χ2v) is 6.57. The number of ketones is 1. The number of benzene rings is 1. The number of carbonyl (C=O) groups is 3. The molecule has 1 aliphatic rings. The molecule has 27 heavy (non-hydrogen) atoms. The van der Waals surface area contributed by atoms with Gasteiger partial charge in [0.25, 0.3) is 5.91 Å². The van der Waals surface area contributed by atoms with Crippen LogP contribution in [0.4, 0.5) is 11.4 Å². The quantitative estimate of drug-likeness (QED) is 0.629. The summed E-state index contributed by atoms with van der Waals surface area (Å²) < 4.78 is 5.54. The van der Waals surface area contributed by atoms with Gasteiger partial charge in [-0.25, -0.2) is 4.98 Å². The number of fused-ring (bicyclic) bond motifs is 1. The van der Waals surface area contributed by atoms with Crippen LogP contribution < -0.4 is 15.0 Å². The number of Topliss-reactive ketones (excluding diaryl/α,β-unsaturated/α-hetero) is 1. The molecule has 2 heterocycles. The Morgan fingerprint density at radius 1 is 1.26 bits per heavy atom. The Hall–Kier alpha value is -2.93. The molecule has 0 radical (unpaired) electrons. The van der Waals surface area contributed by atoms with Crippen LogP contribution in [0.5, 0.6) is 5.75 Å². The highest BCUT2D eigenvalue weighted by Gasteiger charge is 2.29. The van der Waals surface area contributed by atoms with E-state index in [1.807, 2.05) is 0 Å². The number of nitrogens with zero attached hydrogens (tertiary/aromatic N) is 2. The number of hydrogen-bond acceptors (Lipinski definition) is 5. The van der Waals surface area contributed by atoms with E-state index in [1.165, 1.54) is 17.2 Å². The molecule has 2 amide bonds. The van der Waals surface area contributed by atoms with Crippen LogP contribution in [-0.2, 0) is 9.59 Å². The molecule has 0 aliphatic carbocycles. The number of aromatic nitrogens is 1. The summed E-state index contributed by atoms with van der Waals surface area (Å²) >= 11 is 5.77. The average molecular weight is 388 g/mol. The van der Waals surface area contributed by atoms with Gasteiger partial charge in [-0.1, -0.05) is 11.6 Å². The summed E-state index contributed by atoms with van der Waals surface area (Å²) in [6.45, 7) is 1.68. The summed E-state index contributed by atoms with van der Waals surface area (Å²) in [6, 6.07) is 8.06. The maximum Gasteiger partial charge on any atom is 0.267 e. The summed E-state index contributed by atoms with van der Waals surface area (Å²) in [5.41, 5.74) is 1.48. The smallest absolute Gasteiger partial charge is 0.267 e. The molecule has 0 saturated carbocycles. The number of amides is 2. The van der Waals surface area contributed by atoms with E-state index >= 15 is 0 Å². The SMILES string of the molecule is CC1Oc2ccc(C(=O)CCC(=O)Nc3ccnc(Cl)c3)cc2N(C)C1=O. The van der Waals surface area contributed by atoms with Gasteiger partial charge in [0.15, 0.2) is 11.9 Å². The zero-order chi connectivity index (χ0) is 19.6. The molecule has 1 unspecified atom stereocenters. The monoisotopic (exact) mass is 387 g/mol. The standard InChI is InChI=1S/C19H18ClN3O4/c1-11-19(26)23(2)14-9-12(3-5-16(14)27-11)15(24)4-6-18(25)22-13-7-8-21-17(20)10-13/h3,5,7-11H,4,6H2,1-2H3,(H,21,22,25). The lowest BCUT2D eigenvalue weighted by molar-refractivity contribution is -0.125. The number of likely N-dealkylation sites (N-methyl/N-ethyl adjacent to an activating group) is 1. The summed E-state index contributed by atoms with van der Waals surface area (Å²) in [5, 5.41) is 2.94. The highest BCUT2D eigenvalue weighted by molar-refractivity contribution is 6.29. The second-order valence-electron chi connectivity index (χ2n) is 6.18. The van der Waals surface area contributed by atoms with Crippen molar-refractivity contribution in [2.24, 2.45) is 0 Å². The predicted molar refractivity (Wildman–Crippen MR) is 101 cm³/mol. The first-order chi connectivity index (χ1) is 12.8. The van der Waals surface area contributed by atoms with Gasteiger partial charge in [-0.2, -0.15) is 0 Å². The molecule has 1 aliphatic heterocycles. The topological polar surface area (TPSA) is 88.6 Å². The summed E-state index contributed by atoms with van der Waals surface area (Å²) in [4.78, 5) is 41.8. The third-order valence-electron chi connectivity index (χ3n) is 4.21. The van der Waals surface area contributed by atoms with Crippen molar-refractivity contribution >= 4 is 40.6 Å². The van der Waals surface area contributed by atoms with Crippen molar-refractivity contribution in [3.8, 4) is 5.75 Å². The molecule has 8 heteroatoms. The van der Waals surface area contributed by atoms with Crippen molar-refractivity contribution in [1.29, 1.82) is 0 Å². The first-order valence-corrected chi connectivity index (χ1v) is 8.76. The zero-order valence-corrected chi connectivity index (χ0v) is 15.6. The van der Waals surface area contributed by atoms with Crippen molar-refractivity contribution in [2.75, 3.05) is 17.3 Å². The first-order valence-electron chi connectivity index (χ1n) is 8.38. The first kappa shape index (κ1) is 18.8. The number of halogens is 1. The van der Waals surface area contributed by atoms with Gasteiger partial charge in [0.1, 0.15) is 10.9 Å². The third-order valence-corrected chi connectivity index (χ3v) is 4.42. The van der Waals surface area contributed by atoms with Gasteiger partial charge in [0, 0.05) is 37.3 Å². The number of ether oxygens (including phenoxy) is 1. The number of anilines is 2. The molecular weight excluding hydrogens is 370 g/mol. The summed E-state index contributed by atoms with van der Waals surface area (Å²) in [6.07, 6.45) is 0.988. The molecule has 0 bridgehead atoms. The molecule has 1 atom stereocenters. The Morgan fingerprint density at radius 2 is 2.04 bits per heavy atom. The molecule has 0 spiro atoms. The number of rotatable bonds is 5. The maximum atomic E-state index is 12.4. The lowest BCUT2D eigenvalue weighted by Gasteiger charge is -2.30. The lowest BCUT2D eigenvalue weighted by atomic mass is 10.0. The van der Waals surface area contributed by atoms with Gasteiger partial charge in [-0.05, 0) is 37.3 Å². The minimum atomic E-state index is -0.561. The maximum absolute atomic E-state index is 12.4. The second kappa shape index (κ2) is 7.75. The summed E-state index contributed by atoms with van der Waals surface area (Å²) in [7, 11) is 1.64. The molecule has 2 aromatic rings. The van der Waals surface area contributed by atoms with Crippen LogP contribution in [0.1, 0.15) is 30.1 Å². The van der Waals surface area contributed by atoms with Crippen molar-refractivity contribution in [2.45, 2.75) is 25.9 Å². The number of nitrogens with one attached hydrogen (secondary N) is 1. The average Bonchev–Trinajstić information content (AvgIpc) is 2.64. The molecular formula is C19H18ClN3O4. The van der Waals surface area contributed by atoms with Crippen LogP contribution in [0, 0.1) is 0 Å². The lowest BCUT2D eigenvalue weighted by Crippen LogP contribution is -2.42. The van der Waals surface area contributed by atoms with Crippen LogP contribution >= 0.6 is 11.6 Å². The molecule has 140 valence electrons. The molecule has 0 saturated heterocycles. The number of carbonyl (C=O) groups excluding carboxylic acids is 3. The molecule has 0 fully saturated rings. The Balaban J connectivity index is 1.63. The van der Waals surface area contributed by atoms with E-state index in [1.54, 1.807) is 38.2 Å². The van der Waals surface area contributed by atoms with Crippen LogP contribution in [-0.4, -0.2) is 35.7 Å². The van der Waals surface area contributed by atoms with E-state index < -0.39 is 6.10 Å². The van der Waals surface area contributed by atoms with Gasteiger partial charge in [-0.15, -0.1) is 0 Å². The van der Waals surface area contributed by atoms with E-state index in [0.717, 1.165) is 0 Å². The normalized spacial score (nSPS) is 15.7. The van der Waals surface area contributed by atoms with Gasteiger partial charge in [0.05, 0.1) is 5.69 Å². The fourth-order valence-corrected chi connectivity index (χ4v) is 2.93. The fourth-order valence-electron chi connectivity index (χ4n) is 2.76. The van der Waals surface area contributed by atoms with Crippen LogP contribution in [0.3, 0.4) is 0 Å². The minimum absolute atomic E-state index is 0.0260. The Labute approximate surface area is 161 Å². The predicted octanol–water partition coefficient (Wildman–Crippen LogP) is 3.08. The van der Waals surface area contributed by atoms with Gasteiger partial charge in [-0.3, -0.25) is 14.4 Å². The van der Waals surface area contributed by atoms with Crippen LogP contribution in [0.25, 0.3) is 0 Å². The molecule has 7 nitrogen and oxygen atoms in total. The molecule has 1 N–H and O–H groups in total. The van der Waals surface area contributed by atoms with Gasteiger partial charge in [0.2, 0.25) is 5.91 Å². The van der Waals surface area contributed by atoms with E-state index in [4.69, 9.17) is 16.3 Å². The summed E-state index contributed by atoms with van der Waals surface area (Å²) in [5.74, 6) is -0.121. The molecule has 3 rings (SSSR count). The van der Waals surface area contributed by atoms with Crippen LogP contribution in [0.2, 0.25) is 5.15 Å². The van der Waals surface area contributed by atoms with E-state index in [0.29, 0.717) is 22.7 Å². The van der Waals surface area contributed by atoms with Crippen molar-refractivity contribution in [3.63, 3.8) is 0 Å². The van der Waals surface area contributed by atoms with Crippen molar-refractivity contribution in [3.05, 3.63) is 47.2 Å². The largest absolute Gasteiger partial charge is 0.479 e. The number of pyridine rings is 1. The minimum Gasteiger partial charge on any atom is -0.479 e. The third kappa shape index (κ3) is 4.25. The van der Waals surface area contributed by atoms with E-state index in [9.17, 15) is 14.4 Å². The molecule has 1 aromatic heterocycles. The van der Waals surface area contributed by atoms with Crippen molar-refractivity contribution < 1.29 is 19.1 Å². The van der Waals surface area contributed by atoms with Gasteiger partial charge >= 0.3 is 0 Å². The zero-order valence-electron chi connectivity index (χ0n) is 14.9. The van der Waals surface area contributed by atoms with Crippen LogP contribution in [0.15, 0.2) is 36.5 Å². The Bertz CT molecular complexity index is 916. The molecule has 1 aromatic carbocycles. The van der Waals surface area contributed by atoms with Crippen molar-refractivity contribution in [1.82, 2.24) is 4.98 Å². The highest BCUT2D eigenvalue weighted by atomic mass is 35.5. The Morgan fingerprint density at radius 3 is 2.78 bits per heavy atom. The fraction of sp³-hybridized carbons (Fsp3) is 0.263. The highest BCUT2D eigenvalue weighted by Crippen LogP contribution is 2.34.